The summed E-state index contributed by atoms with van der Waals surface area (Å²) < 4.78 is 36.9. The molecule has 0 saturated carbocycles. The molecule has 0 aliphatic rings. The van der Waals surface area contributed by atoms with Gasteiger partial charge in [-0.15, -0.1) is 0 Å². The standard InChI is InChI=1S/C11H15F3N2O/c12-11(13,14)5-3-6-15-7-9-16-8-2-1-4-10(16)17/h1-2,4,8,15H,3,5-7,9H2. The second kappa shape index (κ2) is 6.44. The van der Waals surface area contributed by atoms with E-state index in [9.17, 15) is 18.0 Å². The van der Waals surface area contributed by atoms with Crippen LogP contribution in [0.1, 0.15) is 12.8 Å². The van der Waals surface area contributed by atoms with Gasteiger partial charge >= 0.3 is 6.18 Å². The van der Waals surface area contributed by atoms with Crippen molar-refractivity contribution in [3.63, 3.8) is 0 Å². The Bertz CT molecular complexity index is 387. The van der Waals surface area contributed by atoms with Crippen molar-refractivity contribution in [3.8, 4) is 0 Å². The molecule has 0 unspecified atom stereocenters. The van der Waals surface area contributed by atoms with Gasteiger partial charge in [0, 0.05) is 31.8 Å². The fourth-order valence-corrected chi connectivity index (χ4v) is 1.38. The third kappa shape index (κ3) is 6.11. The van der Waals surface area contributed by atoms with E-state index in [0.717, 1.165) is 0 Å². The van der Waals surface area contributed by atoms with Crippen molar-refractivity contribution in [2.45, 2.75) is 25.6 Å². The van der Waals surface area contributed by atoms with Crippen molar-refractivity contribution in [1.29, 1.82) is 0 Å². The summed E-state index contributed by atoms with van der Waals surface area (Å²) >= 11 is 0. The lowest BCUT2D eigenvalue weighted by Gasteiger charge is -2.08. The van der Waals surface area contributed by atoms with Crippen LogP contribution in [0.3, 0.4) is 0 Å². The minimum Gasteiger partial charge on any atom is -0.315 e. The Morgan fingerprint density at radius 3 is 2.65 bits per heavy atom. The first kappa shape index (κ1) is 13.8. The third-order valence-corrected chi connectivity index (χ3v) is 2.24. The fourth-order valence-electron chi connectivity index (χ4n) is 1.38. The summed E-state index contributed by atoms with van der Waals surface area (Å²) in [6.07, 6.45) is -3.14. The summed E-state index contributed by atoms with van der Waals surface area (Å²) in [6, 6.07) is 4.84. The number of nitrogens with zero attached hydrogens (tertiary/aromatic N) is 1. The van der Waals surface area contributed by atoms with Gasteiger partial charge in [-0.1, -0.05) is 6.07 Å². The van der Waals surface area contributed by atoms with Crippen LogP contribution in [-0.4, -0.2) is 23.8 Å². The maximum Gasteiger partial charge on any atom is 0.389 e. The number of rotatable bonds is 6. The molecule has 1 aromatic rings. The lowest BCUT2D eigenvalue weighted by Crippen LogP contribution is -2.27. The van der Waals surface area contributed by atoms with Crippen LogP contribution < -0.4 is 10.9 Å². The first-order valence-electron chi connectivity index (χ1n) is 5.42. The second-order valence-corrected chi connectivity index (χ2v) is 3.70. The van der Waals surface area contributed by atoms with Crippen LogP contribution in [-0.2, 0) is 6.54 Å². The number of halogens is 3. The minimum absolute atomic E-state index is 0.0627. The van der Waals surface area contributed by atoms with E-state index >= 15 is 0 Å². The summed E-state index contributed by atoms with van der Waals surface area (Å²) in [5, 5.41) is 2.87. The van der Waals surface area contributed by atoms with Crippen LogP contribution >= 0.6 is 0 Å². The molecular formula is C11H15F3N2O. The molecule has 0 amide bonds. The van der Waals surface area contributed by atoms with Gasteiger partial charge in [0.05, 0.1) is 0 Å². The zero-order chi connectivity index (χ0) is 12.7. The Balaban J connectivity index is 2.13. The maximum absolute atomic E-state index is 11.8. The molecule has 1 rings (SSSR count). The highest BCUT2D eigenvalue weighted by atomic mass is 19.4. The zero-order valence-electron chi connectivity index (χ0n) is 9.33. The van der Waals surface area contributed by atoms with Crippen LogP contribution in [0.25, 0.3) is 0 Å². The van der Waals surface area contributed by atoms with E-state index < -0.39 is 12.6 Å². The smallest absolute Gasteiger partial charge is 0.315 e. The van der Waals surface area contributed by atoms with Crippen LogP contribution in [0.15, 0.2) is 29.2 Å². The fraction of sp³-hybridized carbons (Fsp3) is 0.545. The molecule has 0 fully saturated rings. The molecule has 0 aliphatic heterocycles. The quantitative estimate of drug-likeness (QED) is 0.779. The Morgan fingerprint density at radius 1 is 1.24 bits per heavy atom. The predicted molar refractivity (Wildman–Crippen MR) is 58.9 cm³/mol. The summed E-state index contributed by atoms with van der Waals surface area (Å²) in [6.45, 7) is 1.26. The zero-order valence-corrected chi connectivity index (χ0v) is 9.33. The van der Waals surface area contributed by atoms with Crippen LogP contribution in [0.4, 0.5) is 13.2 Å². The number of aromatic nitrogens is 1. The van der Waals surface area contributed by atoms with Crippen LogP contribution in [0, 0.1) is 0 Å². The topological polar surface area (TPSA) is 34.0 Å². The molecule has 1 heterocycles. The van der Waals surface area contributed by atoms with Crippen molar-refractivity contribution >= 4 is 0 Å². The van der Waals surface area contributed by atoms with Crippen LogP contribution in [0.2, 0.25) is 0 Å². The van der Waals surface area contributed by atoms with Crippen molar-refractivity contribution < 1.29 is 13.2 Å². The lowest BCUT2D eigenvalue weighted by molar-refractivity contribution is -0.135. The van der Waals surface area contributed by atoms with E-state index in [4.69, 9.17) is 0 Å². The van der Waals surface area contributed by atoms with Gasteiger partial charge < -0.3 is 9.88 Å². The van der Waals surface area contributed by atoms with E-state index in [1.165, 1.54) is 10.6 Å². The van der Waals surface area contributed by atoms with Gasteiger partial charge in [0.2, 0.25) is 0 Å². The molecule has 0 aliphatic carbocycles. The first-order chi connectivity index (χ1) is 7.99. The normalized spacial score (nSPS) is 11.7. The number of hydrogen-bond donors (Lipinski definition) is 1. The molecule has 17 heavy (non-hydrogen) atoms. The lowest BCUT2D eigenvalue weighted by atomic mass is 10.3. The molecule has 6 heteroatoms. The van der Waals surface area contributed by atoms with E-state index in [1.807, 2.05) is 0 Å². The van der Waals surface area contributed by atoms with Crippen molar-refractivity contribution in [2.24, 2.45) is 0 Å². The summed E-state index contributed by atoms with van der Waals surface area (Å²) in [5.41, 5.74) is -0.107. The average molecular weight is 248 g/mol. The molecular weight excluding hydrogens is 233 g/mol. The molecule has 0 bridgehead atoms. The maximum atomic E-state index is 11.8. The highest BCUT2D eigenvalue weighted by Crippen LogP contribution is 2.20. The minimum atomic E-state index is -4.09. The molecule has 0 aromatic carbocycles. The molecule has 0 saturated heterocycles. The predicted octanol–water partition coefficient (Wildman–Crippen LogP) is 1.78. The van der Waals surface area contributed by atoms with Crippen molar-refractivity contribution in [1.82, 2.24) is 9.88 Å². The van der Waals surface area contributed by atoms with Gasteiger partial charge in [0.25, 0.3) is 5.56 Å². The number of hydrogen-bond acceptors (Lipinski definition) is 2. The Morgan fingerprint density at radius 2 is 2.00 bits per heavy atom. The van der Waals surface area contributed by atoms with E-state index in [0.29, 0.717) is 19.6 Å². The molecule has 96 valence electrons. The monoisotopic (exact) mass is 248 g/mol. The highest BCUT2D eigenvalue weighted by Gasteiger charge is 2.25. The Kier molecular flexibility index (Phi) is 5.21. The van der Waals surface area contributed by atoms with Crippen molar-refractivity contribution in [3.05, 3.63) is 34.7 Å². The number of alkyl halides is 3. The van der Waals surface area contributed by atoms with Gasteiger partial charge in [-0.2, -0.15) is 13.2 Å². The van der Waals surface area contributed by atoms with Gasteiger partial charge in [0.1, 0.15) is 0 Å². The third-order valence-electron chi connectivity index (χ3n) is 2.24. The van der Waals surface area contributed by atoms with Gasteiger partial charge in [-0.3, -0.25) is 4.79 Å². The second-order valence-electron chi connectivity index (χ2n) is 3.70. The molecule has 0 radical (unpaired) electrons. The van der Waals surface area contributed by atoms with Gasteiger partial charge in [0.15, 0.2) is 0 Å². The molecule has 0 atom stereocenters. The molecule has 1 N–H and O–H groups in total. The summed E-state index contributed by atoms with van der Waals surface area (Å²) in [7, 11) is 0. The number of nitrogens with one attached hydrogen (secondary N) is 1. The van der Waals surface area contributed by atoms with E-state index in [-0.39, 0.29) is 12.0 Å². The largest absolute Gasteiger partial charge is 0.389 e. The molecule has 3 nitrogen and oxygen atoms in total. The first-order valence-corrected chi connectivity index (χ1v) is 5.42. The van der Waals surface area contributed by atoms with Gasteiger partial charge in [-0.25, -0.2) is 0 Å². The van der Waals surface area contributed by atoms with E-state index in [2.05, 4.69) is 5.32 Å². The SMILES string of the molecule is O=c1ccccn1CCNCCCC(F)(F)F. The summed E-state index contributed by atoms with van der Waals surface area (Å²) in [4.78, 5) is 11.3. The van der Waals surface area contributed by atoms with Crippen LogP contribution in [0.5, 0.6) is 0 Å². The highest BCUT2D eigenvalue weighted by molar-refractivity contribution is 4.93. The summed E-state index contributed by atoms with van der Waals surface area (Å²) in [5.74, 6) is 0. The molecule has 1 aromatic heterocycles. The van der Waals surface area contributed by atoms with Gasteiger partial charge in [-0.05, 0) is 19.0 Å². The Hall–Kier alpha value is -1.30. The van der Waals surface area contributed by atoms with E-state index in [1.54, 1.807) is 18.3 Å². The number of pyridine rings is 1. The Labute approximate surface area is 97.3 Å². The van der Waals surface area contributed by atoms with Crippen molar-refractivity contribution in [2.75, 3.05) is 13.1 Å². The molecule has 0 spiro atoms. The average Bonchev–Trinajstić information content (AvgIpc) is 2.24.